The number of nitrogens with one attached hydrogen (secondary N) is 1. The Morgan fingerprint density at radius 3 is 2.38 bits per heavy atom. The quantitative estimate of drug-likeness (QED) is 0.405. The van der Waals surface area contributed by atoms with Crippen LogP contribution in [0.15, 0.2) is 42.5 Å². The van der Waals surface area contributed by atoms with Crippen molar-refractivity contribution in [3.63, 3.8) is 0 Å². The molecule has 0 fully saturated rings. The lowest BCUT2D eigenvalue weighted by Crippen LogP contribution is -2.30. The van der Waals surface area contributed by atoms with Gasteiger partial charge in [0, 0.05) is 18.7 Å². The van der Waals surface area contributed by atoms with Gasteiger partial charge in [0.25, 0.3) is 11.6 Å². The zero-order chi connectivity index (χ0) is 21.4. The smallest absolute Gasteiger partial charge is 0.338 e. The van der Waals surface area contributed by atoms with Crippen LogP contribution in [0, 0.1) is 15.9 Å². The molecule has 2 aromatic rings. The molecule has 0 atom stereocenters. The second-order valence-corrected chi connectivity index (χ2v) is 5.78. The Morgan fingerprint density at radius 2 is 1.76 bits per heavy atom. The number of hydrogen-bond donors (Lipinski definition) is 1. The maximum Gasteiger partial charge on any atom is 0.338 e. The number of nitro groups is 1. The lowest BCUT2D eigenvalue weighted by Gasteiger charge is -2.08. The molecule has 0 radical (unpaired) electrons. The highest BCUT2D eigenvalue weighted by Crippen LogP contribution is 2.19. The number of nitro benzene ring substituents is 1. The Labute approximate surface area is 164 Å². The van der Waals surface area contributed by atoms with E-state index in [-0.39, 0.29) is 29.9 Å². The van der Waals surface area contributed by atoms with E-state index < -0.39 is 35.1 Å². The fourth-order valence-corrected chi connectivity index (χ4v) is 2.37. The zero-order valence-corrected chi connectivity index (χ0v) is 15.3. The normalized spacial score (nSPS) is 10.1. The maximum absolute atomic E-state index is 13.5. The van der Waals surface area contributed by atoms with E-state index in [0.717, 1.165) is 25.3 Å². The maximum atomic E-state index is 13.5. The molecule has 2 rings (SSSR count). The van der Waals surface area contributed by atoms with Gasteiger partial charge in [0.15, 0.2) is 6.61 Å². The van der Waals surface area contributed by atoms with E-state index in [1.807, 2.05) is 0 Å². The van der Waals surface area contributed by atoms with E-state index >= 15 is 0 Å². The zero-order valence-electron chi connectivity index (χ0n) is 15.3. The molecule has 0 bridgehead atoms. The van der Waals surface area contributed by atoms with Gasteiger partial charge in [0.05, 0.1) is 23.2 Å². The number of non-ortho nitro benzene ring substituents is 1. The van der Waals surface area contributed by atoms with Gasteiger partial charge in [-0.3, -0.25) is 14.9 Å². The predicted molar refractivity (Wildman–Crippen MR) is 97.8 cm³/mol. The fourth-order valence-electron chi connectivity index (χ4n) is 2.37. The van der Waals surface area contributed by atoms with E-state index in [9.17, 15) is 28.9 Å². The summed E-state index contributed by atoms with van der Waals surface area (Å²) in [4.78, 5) is 45.7. The highest BCUT2D eigenvalue weighted by molar-refractivity contribution is 5.97. The molecule has 0 aromatic heterocycles. The van der Waals surface area contributed by atoms with Gasteiger partial charge in [0.2, 0.25) is 0 Å². The minimum Gasteiger partial charge on any atom is -0.465 e. The molecule has 10 heteroatoms. The average Bonchev–Trinajstić information content (AvgIpc) is 2.72. The largest absolute Gasteiger partial charge is 0.465 e. The minimum atomic E-state index is -1.02. The molecule has 0 heterocycles. The molecule has 0 aliphatic rings. The monoisotopic (exact) mass is 404 g/mol. The fraction of sp³-hybridized carbons (Fsp3) is 0.211. The summed E-state index contributed by atoms with van der Waals surface area (Å²) in [7, 11) is 1.09. The van der Waals surface area contributed by atoms with Gasteiger partial charge < -0.3 is 14.8 Å². The third-order valence-corrected chi connectivity index (χ3v) is 3.79. The van der Waals surface area contributed by atoms with Crippen molar-refractivity contribution in [1.29, 1.82) is 0 Å². The summed E-state index contributed by atoms with van der Waals surface area (Å²) in [6.07, 6.45) is 0.250. The van der Waals surface area contributed by atoms with Crippen LogP contribution < -0.4 is 5.32 Å². The lowest BCUT2D eigenvalue weighted by atomic mass is 10.1. The van der Waals surface area contributed by atoms with Crippen LogP contribution in [0.3, 0.4) is 0 Å². The topological polar surface area (TPSA) is 125 Å². The van der Waals surface area contributed by atoms with Crippen molar-refractivity contribution < 1.29 is 33.2 Å². The lowest BCUT2D eigenvalue weighted by molar-refractivity contribution is -0.384. The number of halogens is 1. The number of nitrogens with zero attached hydrogens (tertiary/aromatic N) is 1. The molecule has 0 aliphatic heterocycles. The number of hydrogen-bond acceptors (Lipinski definition) is 7. The van der Waals surface area contributed by atoms with Crippen LogP contribution >= 0.6 is 0 Å². The van der Waals surface area contributed by atoms with E-state index in [2.05, 4.69) is 10.1 Å². The Bertz CT molecular complexity index is 946. The van der Waals surface area contributed by atoms with Crippen molar-refractivity contribution in [2.45, 2.75) is 6.42 Å². The molecule has 29 heavy (non-hydrogen) atoms. The Hall–Kier alpha value is -3.82. The molecule has 0 saturated carbocycles. The molecular formula is C19H17FN2O7. The van der Waals surface area contributed by atoms with Crippen LogP contribution in [0.5, 0.6) is 0 Å². The van der Waals surface area contributed by atoms with E-state index in [1.54, 1.807) is 18.2 Å². The number of rotatable bonds is 8. The number of carbonyl (C=O) groups is 3. The molecule has 1 amide bonds. The highest BCUT2D eigenvalue weighted by Gasteiger charge is 2.19. The average molecular weight is 404 g/mol. The van der Waals surface area contributed by atoms with Crippen molar-refractivity contribution >= 4 is 23.5 Å². The van der Waals surface area contributed by atoms with Gasteiger partial charge in [-0.2, -0.15) is 0 Å². The van der Waals surface area contributed by atoms with E-state index in [0.29, 0.717) is 5.56 Å². The number of ether oxygens (including phenoxy) is 2. The molecular weight excluding hydrogens is 387 g/mol. The summed E-state index contributed by atoms with van der Waals surface area (Å²) in [6, 6.07) is 9.06. The number of esters is 2. The molecule has 1 N–H and O–H groups in total. The van der Waals surface area contributed by atoms with Crippen LogP contribution in [-0.4, -0.2) is 43.0 Å². The summed E-state index contributed by atoms with van der Waals surface area (Å²) < 4.78 is 22.8. The first-order chi connectivity index (χ1) is 13.8. The molecule has 0 saturated heterocycles. The first kappa shape index (κ1) is 21.5. The standard InChI is InChI=1S/C19H17FN2O7/c1-28-18(24)13-8-14(10-15(9-13)22(26)27)19(25)29-11-17(23)21-7-6-12-4-2-3-5-16(12)20/h2-5,8-10H,6-7,11H2,1H3,(H,21,23). The number of benzene rings is 2. The number of methoxy groups -OCH3 is 1. The molecule has 0 spiro atoms. The first-order valence-corrected chi connectivity index (χ1v) is 8.37. The molecule has 2 aromatic carbocycles. The van der Waals surface area contributed by atoms with Crippen LogP contribution in [0.25, 0.3) is 0 Å². The number of amides is 1. The Morgan fingerprint density at radius 1 is 1.10 bits per heavy atom. The van der Waals surface area contributed by atoms with Gasteiger partial charge in [-0.15, -0.1) is 0 Å². The first-order valence-electron chi connectivity index (χ1n) is 8.37. The van der Waals surface area contributed by atoms with Crippen LogP contribution in [-0.2, 0) is 20.7 Å². The van der Waals surface area contributed by atoms with Crippen molar-refractivity contribution in [1.82, 2.24) is 5.32 Å². The van der Waals surface area contributed by atoms with Crippen molar-refractivity contribution in [3.05, 3.63) is 75.1 Å². The number of carbonyl (C=O) groups excluding carboxylic acids is 3. The van der Waals surface area contributed by atoms with Gasteiger partial charge in [0.1, 0.15) is 5.82 Å². The summed E-state index contributed by atoms with van der Waals surface area (Å²) in [6.45, 7) is -0.521. The van der Waals surface area contributed by atoms with Crippen molar-refractivity contribution in [3.8, 4) is 0 Å². The Kier molecular flexibility index (Phi) is 7.35. The molecule has 152 valence electrons. The predicted octanol–water partition coefficient (Wildman–Crippen LogP) is 2.04. The van der Waals surface area contributed by atoms with Gasteiger partial charge in [-0.1, -0.05) is 18.2 Å². The van der Waals surface area contributed by atoms with Crippen molar-refractivity contribution in [2.75, 3.05) is 20.3 Å². The summed E-state index contributed by atoms with van der Waals surface area (Å²) in [5, 5.41) is 13.4. The highest BCUT2D eigenvalue weighted by atomic mass is 19.1. The second kappa shape index (κ2) is 9.93. The molecule has 9 nitrogen and oxygen atoms in total. The minimum absolute atomic E-state index is 0.126. The molecule has 0 unspecified atom stereocenters. The summed E-state index contributed by atoms with van der Waals surface area (Å²) in [5.74, 6) is -2.91. The van der Waals surface area contributed by atoms with E-state index in [4.69, 9.17) is 4.74 Å². The van der Waals surface area contributed by atoms with Crippen LogP contribution in [0.4, 0.5) is 10.1 Å². The third-order valence-electron chi connectivity index (χ3n) is 3.79. The van der Waals surface area contributed by atoms with Crippen molar-refractivity contribution in [2.24, 2.45) is 0 Å². The van der Waals surface area contributed by atoms with Gasteiger partial charge in [-0.25, -0.2) is 14.0 Å². The van der Waals surface area contributed by atoms with Crippen LogP contribution in [0.2, 0.25) is 0 Å². The third kappa shape index (κ3) is 6.09. The summed E-state index contributed by atoms with van der Waals surface area (Å²) >= 11 is 0. The van der Waals surface area contributed by atoms with Gasteiger partial charge in [-0.05, 0) is 24.1 Å². The summed E-state index contributed by atoms with van der Waals surface area (Å²) in [5.41, 5.74) is -0.562. The second-order valence-electron chi connectivity index (χ2n) is 5.78. The Balaban J connectivity index is 1.93. The van der Waals surface area contributed by atoms with E-state index in [1.165, 1.54) is 6.07 Å². The SMILES string of the molecule is COC(=O)c1cc(C(=O)OCC(=O)NCCc2ccccc2F)cc([N+](=O)[O-])c1. The molecule has 0 aliphatic carbocycles. The van der Waals surface area contributed by atoms with Gasteiger partial charge >= 0.3 is 11.9 Å². The van der Waals surface area contributed by atoms with Crippen LogP contribution in [0.1, 0.15) is 26.3 Å².